The van der Waals surface area contributed by atoms with E-state index in [1.165, 1.54) is 0 Å². The first-order chi connectivity index (χ1) is 12.1. The molecule has 1 aromatic carbocycles. The molecule has 132 valence electrons. The summed E-state index contributed by atoms with van der Waals surface area (Å²) in [4.78, 5) is 30.3. The van der Waals surface area contributed by atoms with E-state index < -0.39 is 5.91 Å². The van der Waals surface area contributed by atoms with Crippen LogP contribution in [0.2, 0.25) is 0 Å². The Morgan fingerprint density at radius 1 is 1.40 bits per heavy atom. The topological polar surface area (TPSA) is 90.4 Å². The highest BCUT2D eigenvalue weighted by atomic mass is 16.5. The fourth-order valence-electron chi connectivity index (χ4n) is 3.29. The number of primary amides is 1. The van der Waals surface area contributed by atoms with Crippen LogP contribution in [0, 0.1) is 0 Å². The van der Waals surface area contributed by atoms with Gasteiger partial charge in [0.1, 0.15) is 18.1 Å². The van der Waals surface area contributed by atoms with Gasteiger partial charge in [0.05, 0.1) is 7.11 Å². The fourth-order valence-corrected chi connectivity index (χ4v) is 3.29. The zero-order valence-corrected chi connectivity index (χ0v) is 14.2. The van der Waals surface area contributed by atoms with Gasteiger partial charge in [-0.15, -0.1) is 0 Å². The van der Waals surface area contributed by atoms with Crippen LogP contribution in [0.25, 0.3) is 0 Å². The summed E-state index contributed by atoms with van der Waals surface area (Å²) in [5.74, 6) is 1.15. The van der Waals surface area contributed by atoms with Crippen LogP contribution in [-0.2, 0) is 11.3 Å². The van der Waals surface area contributed by atoms with E-state index in [9.17, 15) is 9.59 Å². The lowest BCUT2D eigenvalue weighted by Crippen LogP contribution is -2.40. The van der Waals surface area contributed by atoms with E-state index in [0.717, 1.165) is 18.7 Å². The number of amides is 2. The first-order valence-corrected chi connectivity index (χ1v) is 8.31. The van der Waals surface area contributed by atoms with Crippen molar-refractivity contribution in [3.05, 3.63) is 48.0 Å². The third kappa shape index (κ3) is 3.81. The minimum Gasteiger partial charge on any atom is -0.497 e. The molecule has 2 amide bonds. The molecule has 25 heavy (non-hydrogen) atoms. The maximum atomic E-state index is 12.8. The molecule has 0 bridgehead atoms. The Balaban J connectivity index is 1.76. The average Bonchev–Trinajstić information content (AvgIpc) is 3.08. The molecular formula is C18H22N4O3. The average molecular weight is 342 g/mol. The Morgan fingerprint density at radius 3 is 3.00 bits per heavy atom. The van der Waals surface area contributed by atoms with Crippen molar-refractivity contribution in [2.24, 2.45) is 5.73 Å². The van der Waals surface area contributed by atoms with E-state index in [-0.39, 0.29) is 18.4 Å². The smallest absolute Gasteiger partial charge is 0.254 e. The van der Waals surface area contributed by atoms with Gasteiger partial charge in [-0.2, -0.15) is 0 Å². The predicted molar refractivity (Wildman–Crippen MR) is 92.3 cm³/mol. The van der Waals surface area contributed by atoms with E-state index in [2.05, 4.69) is 4.98 Å². The molecule has 7 heteroatoms. The molecule has 2 N–H and O–H groups in total. The van der Waals surface area contributed by atoms with Crippen molar-refractivity contribution in [1.29, 1.82) is 0 Å². The lowest BCUT2D eigenvalue weighted by Gasteiger charge is -2.32. The van der Waals surface area contributed by atoms with Gasteiger partial charge in [0, 0.05) is 37.0 Å². The Kier molecular flexibility index (Phi) is 5.02. The molecule has 1 aliphatic heterocycles. The largest absolute Gasteiger partial charge is 0.497 e. The highest BCUT2D eigenvalue weighted by molar-refractivity contribution is 5.94. The van der Waals surface area contributed by atoms with Crippen LogP contribution < -0.4 is 10.5 Å². The number of rotatable bonds is 5. The zero-order valence-electron chi connectivity index (χ0n) is 14.2. The molecule has 0 saturated carbocycles. The maximum absolute atomic E-state index is 12.8. The first kappa shape index (κ1) is 17.0. The van der Waals surface area contributed by atoms with Crippen molar-refractivity contribution in [3.8, 4) is 5.75 Å². The number of carbonyl (C=O) groups is 2. The summed E-state index contributed by atoms with van der Waals surface area (Å²) >= 11 is 0. The second kappa shape index (κ2) is 7.38. The summed E-state index contributed by atoms with van der Waals surface area (Å²) in [7, 11) is 1.58. The van der Waals surface area contributed by atoms with Crippen molar-refractivity contribution in [2.45, 2.75) is 25.3 Å². The molecule has 2 aromatic rings. The van der Waals surface area contributed by atoms with Crippen LogP contribution in [0.4, 0.5) is 0 Å². The van der Waals surface area contributed by atoms with Crippen molar-refractivity contribution in [3.63, 3.8) is 0 Å². The third-order valence-electron chi connectivity index (χ3n) is 4.46. The van der Waals surface area contributed by atoms with Crippen molar-refractivity contribution in [2.75, 3.05) is 20.2 Å². The SMILES string of the molecule is COc1cccc(C(=O)N2CCC[C@H](c3nccn3CC(N)=O)C2)c1. The van der Waals surface area contributed by atoms with E-state index >= 15 is 0 Å². The van der Waals surface area contributed by atoms with Gasteiger partial charge in [0.2, 0.25) is 5.91 Å². The minimum absolute atomic E-state index is 0.0170. The number of carbonyl (C=O) groups excluding carboxylic acids is 2. The van der Waals surface area contributed by atoms with E-state index in [1.807, 2.05) is 17.0 Å². The summed E-state index contributed by atoms with van der Waals surface area (Å²) in [6.45, 7) is 1.39. The van der Waals surface area contributed by atoms with Crippen LogP contribution >= 0.6 is 0 Å². The second-order valence-corrected chi connectivity index (χ2v) is 6.20. The van der Waals surface area contributed by atoms with Gasteiger partial charge in [-0.1, -0.05) is 6.07 Å². The molecule has 1 aromatic heterocycles. The number of nitrogens with zero attached hydrogens (tertiary/aromatic N) is 3. The van der Waals surface area contributed by atoms with Crippen LogP contribution in [0.3, 0.4) is 0 Å². The van der Waals surface area contributed by atoms with Gasteiger partial charge in [-0.3, -0.25) is 9.59 Å². The number of piperidine rings is 1. The van der Waals surface area contributed by atoms with Gasteiger partial charge in [-0.05, 0) is 31.0 Å². The highest BCUT2D eigenvalue weighted by Crippen LogP contribution is 2.27. The lowest BCUT2D eigenvalue weighted by atomic mass is 9.96. The molecule has 2 heterocycles. The van der Waals surface area contributed by atoms with E-state index in [0.29, 0.717) is 24.4 Å². The van der Waals surface area contributed by atoms with Crippen LogP contribution in [0.1, 0.15) is 34.9 Å². The van der Waals surface area contributed by atoms with Crippen molar-refractivity contribution >= 4 is 11.8 Å². The van der Waals surface area contributed by atoms with Crippen LogP contribution in [0.5, 0.6) is 5.75 Å². The van der Waals surface area contributed by atoms with Crippen LogP contribution in [0.15, 0.2) is 36.7 Å². The molecular weight excluding hydrogens is 320 g/mol. The molecule has 1 aliphatic rings. The Morgan fingerprint density at radius 2 is 2.24 bits per heavy atom. The Hall–Kier alpha value is -2.83. The van der Waals surface area contributed by atoms with E-state index in [4.69, 9.17) is 10.5 Å². The number of nitrogens with two attached hydrogens (primary N) is 1. The number of hydrogen-bond acceptors (Lipinski definition) is 4. The molecule has 1 saturated heterocycles. The monoisotopic (exact) mass is 342 g/mol. The minimum atomic E-state index is -0.403. The molecule has 0 radical (unpaired) electrons. The van der Waals surface area contributed by atoms with Gasteiger partial charge >= 0.3 is 0 Å². The Labute approximate surface area is 146 Å². The molecule has 0 unspecified atom stereocenters. The van der Waals surface area contributed by atoms with Crippen molar-refractivity contribution in [1.82, 2.24) is 14.5 Å². The Bertz CT molecular complexity index is 771. The molecule has 7 nitrogen and oxygen atoms in total. The number of likely N-dealkylation sites (tertiary alicyclic amines) is 1. The maximum Gasteiger partial charge on any atom is 0.254 e. The normalized spacial score (nSPS) is 17.3. The highest BCUT2D eigenvalue weighted by Gasteiger charge is 2.28. The fraction of sp³-hybridized carbons (Fsp3) is 0.389. The van der Waals surface area contributed by atoms with Gasteiger partial charge < -0.3 is 19.9 Å². The van der Waals surface area contributed by atoms with Gasteiger partial charge in [0.15, 0.2) is 0 Å². The summed E-state index contributed by atoms with van der Waals surface area (Å²) < 4.78 is 6.97. The quantitative estimate of drug-likeness (QED) is 0.889. The van der Waals surface area contributed by atoms with Gasteiger partial charge in [-0.25, -0.2) is 4.98 Å². The van der Waals surface area contributed by atoms with E-state index in [1.54, 1.807) is 36.2 Å². The molecule has 3 rings (SSSR count). The first-order valence-electron chi connectivity index (χ1n) is 8.31. The van der Waals surface area contributed by atoms with Gasteiger partial charge in [0.25, 0.3) is 5.91 Å². The summed E-state index contributed by atoms with van der Waals surface area (Å²) in [6.07, 6.45) is 5.24. The van der Waals surface area contributed by atoms with Crippen LogP contribution in [-0.4, -0.2) is 46.5 Å². The lowest BCUT2D eigenvalue weighted by molar-refractivity contribution is -0.118. The summed E-state index contributed by atoms with van der Waals surface area (Å²) in [5, 5.41) is 0. The van der Waals surface area contributed by atoms with Crippen molar-refractivity contribution < 1.29 is 14.3 Å². The predicted octanol–water partition coefficient (Wildman–Crippen LogP) is 1.40. The standard InChI is InChI=1S/C18H22N4O3/c1-25-15-6-2-4-13(10-15)18(24)22-8-3-5-14(11-22)17-20-7-9-21(17)12-16(19)23/h2,4,6-7,9-10,14H,3,5,8,11-12H2,1H3,(H2,19,23)/t14-/m0/s1. The third-order valence-corrected chi connectivity index (χ3v) is 4.46. The molecule has 1 atom stereocenters. The zero-order chi connectivity index (χ0) is 17.8. The molecule has 1 fully saturated rings. The number of benzene rings is 1. The second-order valence-electron chi connectivity index (χ2n) is 6.20. The number of imidazole rings is 1. The number of hydrogen-bond donors (Lipinski definition) is 1. The summed E-state index contributed by atoms with van der Waals surface area (Å²) in [5.41, 5.74) is 5.91. The molecule has 0 aliphatic carbocycles. The number of ether oxygens (including phenoxy) is 1. The number of aromatic nitrogens is 2. The summed E-state index contributed by atoms with van der Waals surface area (Å²) in [6, 6.07) is 7.17. The molecule has 0 spiro atoms. The number of methoxy groups -OCH3 is 1.